The Labute approximate surface area is 108 Å². The van der Waals surface area contributed by atoms with Crippen molar-refractivity contribution < 1.29 is 9.18 Å². The van der Waals surface area contributed by atoms with Crippen molar-refractivity contribution in [3.05, 3.63) is 35.6 Å². The second kappa shape index (κ2) is 6.50. The number of carbonyl (C=O) groups is 1. The minimum atomic E-state index is -0.349. The zero-order chi connectivity index (χ0) is 13.7. The standard InChI is InChI=1S/C14H21FN2O/c1-9(2)13(16)8-14(18)17-10(3)11-6-4-5-7-12(11)15/h4-7,9-10,13H,8,16H2,1-3H3,(H,17,18)/t10-,13?/m1/s1. The third-order valence-electron chi connectivity index (χ3n) is 3.03. The molecule has 0 heterocycles. The van der Waals surface area contributed by atoms with Crippen LogP contribution in [0.4, 0.5) is 4.39 Å². The molecule has 0 spiro atoms. The van der Waals surface area contributed by atoms with Gasteiger partial charge in [0.1, 0.15) is 5.82 Å². The van der Waals surface area contributed by atoms with Crippen molar-refractivity contribution in [3.63, 3.8) is 0 Å². The summed E-state index contributed by atoms with van der Waals surface area (Å²) in [4.78, 5) is 11.7. The number of carbonyl (C=O) groups excluding carboxylic acids is 1. The van der Waals surface area contributed by atoms with Crippen molar-refractivity contribution in [3.8, 4) is 0 Å². The Hall–Kier alpha value is -1.42. The summed E-state index contributed by atoms with van der Waals surface area (Å²) >= 11 is 0. The number of nitrogens with one attached hydrogen (secondary N) is 1. The van der Waals surface area contributed by atoms with Crippen LogP contribution in [-0.4, -0.2) is 11.9 Å². The first-order valence-electron chi connectivity index (χ1n) is 6.21. The monoisotopic (exact) mass is 252 g/mol. The number of rotatable bonds is 5. The molecule has 0 saturated heterocycles. The molecule has 1 aromatic rings. The van der Waals surface area contributed by atoms with E-state index in [1.54, 1.807) is 25.1 Å². The van der Waals surface area contributed by atoms with Gasteiger partial charge in [0.15, 0.2) is 0 Å². The molecule has 0 aliphatic rings. The normalized spacial score (nSPS) is 14.3. The maximum Gasteiger partial charge on any atom is 0.222 e. The van der Waals surface area contributed by atoms with Crippen molar-refractivity contribution in [1.29, 1.82) is 0 Å². The highest BCUT2D eigenvalue weighted by atomic mass is 19.1. The van der Waals surface area contributed by atoms with Crippen LogP contribution in [0.1, 0.15) is 38.8 Å². The Bertz CT molecular complexity index is 407. The van der Waals surface area contributed by atoms with Gasteiger partial charge in [-0.2, -0.15) is 0 Å². The maximum atomic E-state index is 13.5. The van der Waals surface area contributed by atoms with Crippen LogP contribution in [0.15, 0.2) is 24.3 Å². The zero-order valence-corrected chi connectivity index (χ0v) is 11.1. The lowest BCUT2D eigenvalue weighted by Gasteiger charge is -2.18. The van der Waals surface area contributed by atoms with Gasteiger partial charge in [-0.1, -0.05) is 32.0 Å². The first-order valence-corrected chi connectivity index (χ1v) is 6.21. The third-order valence-corrected chi connectivity index (χ3v) is 3.03. The molecule has 3 nitrogen and oxygen atoms in total. The summed E-state index contributed by atoms with van der Waals surface area (Å²) in [6.45, 7) is 5.70. The number of hydrogen-bond donors (Lipinski definition) is 2. The molecule has 0 aliphatic heterocycles. The third kappa shape index (κ3) is 4.11. The average molecular weight is 252 g/mol. The summed E-state index contributed by atoms with van der Waals surface area (Å²) in [5, 5.41) is 2.76. The highest BCUT2D eigenvalue weighted by Crippen LogP contribution is 2.16. The van der Waals surface area contributed by atoms with E-state index in [4.69, 9.17) is 5.73 Å². The Balaban J connectivity index is 2.58. The Morgan fingerprint density at radius 2 is 1.94 bits per heavy atom. The molecule has 3 N–H and O–H groups in total. The van der Waals surface area contributed by atoms with Gasteiger partial charge in [0.2, 0.25) is 5.91 Å². The van der Waals surface area contributed by atoms with Crippen LogP contribution in [0.3, 0.4) is 0 Å². The van der Waals surface area contributed by atoms with Gasteiger partial charge in [-0.15, -0.1) is 0 Å². The lowest BCUT2D eigenvalue weighted by Crippen LogP contribution is -2.36. The smallest absolute Gasteiger partial charge is 0.222 e. The fourth-order valence-corrected chi connectivity index (χ4v) is 1.65. The molecule has 0 radical (unpaired) electrons. The molecular weight excluding hydrogens is 231 g/mol. The fraction of sp³-hybridized carbons (Fsp3) is 0.500. The molecule has 1 rings (SSSR count). The van der Waals surface area contributed by atoms with E-state index in [9.17, 15) is 9.18 Å². The summed E-state index contributed by atoms with van der Waals surface area (Å²) in [7, 11) is 0. The van der Waals surface area contributed by atoms with E-state index in [1.807, 2.05) is 13.8 Å². The molecule has 0 saturated carbocycles. The van der Waals surface area contributed by atoms with Gasteiger partial charge in [-0.25, -0.2) is 4.39 Å². The Morgan fingerprint density at radius 1 is 1.33 bits per heavy atom. The number of amides is 1. The van der Waals surface area contributed by atoms with E-state index in [0.717, 1.165) is 0 Å². The molecule has 100 valence electrons. The van der Waals surface area contributed by atoms with E-state index >= 15 is 0 Å². The van der Waals surface area contributed by atoms with Crippen LogP contribution < -0.4 is 11.1 Å². The van der Waals surface area contributed by atoms with Gasteiger partial charge in [0.25, 0.3) is 0 Å². The molecule has 1 unspecified atom stereocenters. The topological polar surface area (TPSA) is 55.1 Å². The van der Waals surface area contributed by atoms with Crippen LogP contribution in [0, 0.1) is 11.7 Å². The first kappa shape index (κ1) is 14.6. The van der Waals surface area contributed by atoms with E-state index in [1.165, 1.54) is 6.07 Å². The van der Waals surface area contributed by atoms with Gasteiger partial charge in [-0.05, 0) is 18.9 Å². The minimum Gasteiger partial charge on any atom is -0.349 e. The largest absolute Gasteiger partial charge is 0.349 e. The first-order chi connectivity index (χ1) is 8.41. The number of nitrogens with two attached hydrogens (primary N) is 1. The maximum absolute atomic E-state index is 13.5. The number of halogens is 1. The minimum absolute atomic E-state index is 0.146. The number of hydrogen-bond acceptors (Lipinski definition) is 2. The second-order valence-corrected chi connectivity index (χ2v) is 4.92. The molecule has 0 fully saturated rings. The van der Waals surface area contributed by atoms with E-state index < -0.39 is 0 Å². The van der Waals surface area contributed by atoms with E-state index in [0.29, 0.717) is 5.56 Å². The summed E-state index contributed by atoms with van der Waals surface area (Å²) in [5.74, 6) is -0.204. The summed E-state index contributed by atoms with van der Waals surface area (Å²) in [6, 6.07) is 5.92. The second-order valence-electron chi connectivity index (χ2n) is 4.92. The lowest BCUT2D eigenvalue weighted by molar-refractivity contribution is -0.122. The number of benzene rings is 1. The Morgan fingerprint density at radius 3 is 2.50 bits per heavy atom. The van der Waals surface area contributed by atoms with Gasteiger partial charge in [0.05, 0.1) is 6.04 Å². The van der Waals surface area contributed by atoms with Crippen molar-refractivity contribution in [1.82, 2.24) is 5.32 Å². The predicted molar refractivity (Wildman–Crippen MR) is 70.4 cm³/mol. The molecule has 0 aromatic heterocycles. The molecule has 0 aliphatic carbocycles. The molecule has 4 heteroatoms. The van der Waals surface area contributed by atoms with Crippen LogP contribution >= 0.6 is 0 Å². The zero-order valence-electron chi connectivity index (χ0n) is 11.1. The molecule has 0 bridgehead atoms. The summed E-state index contributed by atoms with van der Waals surface area (Å²) < 4.78 is 13.5. The van der Waals surface area contributed by atoms with Gasteiger partial charge < -0.3 is 11.1 Å². The van der Waals surface area contributed by atoms with Crippen molar-refractivity contribution in [2.75, 3.05) is 0 Å². The van der Waals surface area contributed by atoms with Crippen molar-refractivity contribution >= 4 is 5.91 Å². The van der Waals surface area contributed by atoms with Crippen LogP contribution in [0.2, 0.25) is 0 Å². The highest BCUT2D eigenvalue weighted by molar-refractivity contribution is 5.77. The summed E-state index contributed by atoms with van der Waals surface area (Å²) in [5.41, 5.74) is 6.32. The molecule has 1 amide bonds. The van der Waals surface area contributed by atoms with E-state index in [2.05, 4.69) is 5.32 Å². The predicted octanol–water partition coefficient (Wildman–Crippen LogP) is 2.38. The van der Waals surface area contributed by atoms with Crippen LogP contribution in [-0.2, 0) is 4.79 Å². The molecule has 2 atom stereocenters. The average Bonchev–Trinajstić information content (AvgIpc) is 2.28. The molecular formula is C14H21FN2O. The quantitative estimate of drug-likeness (QED) is 0.845. The Kier molecular flexibility index (Phi) is 5.28. The van der Waals surface area contributed by atoms with Crippen LogP contribution in [0.25, 0.3) is 0 Å². The van der Waals surface area contributed by atoms with Gasteiger partial charge >= 0.3 is 0 Å². The van der Waals surface area contributed by atoms with Crippen molar-refractivity contribution in [2.45, 2.75) is 39.3 Å². The fourth-order valence-electron chi connectivity index (χ4n) is 1.65. The summed E-state index contributed by atoms with van der Waals surface area (Å²) in [6.07, 6.45) is 0.260. The lowest BCUT2D eigenvalue weighted by atomic mass is 10.0. The SMILES string of the molecule is CC(C)C(N)CC(=O)N[C@H](C)c1ccccc1F. The van der Waals surface area contributed by atoms with E-state index in [-0.39, 0.29) is 36.1 Å². The van der Waals surface area contributed by atoms with Crippen molar-refractivity contribution in [2.24, 2.45) is 11.7 Å². The van der Waals surface area contributed by atoms with Crippen LogP contribution in [0.5, 0.6) is 0 Å². The molecule has 1 aromatic carbocycles. The highest BCUT2D eigenvalue weighted by Gasteiger charge is 2.16. The van der Waals surface area contributed by atoms with Gasteiger partial charge in [-0.3, -0.25) is 4.79 Å². The molecule has 18 heavy (non-hydrogen) atoms. The van der Waals surface area contributed by atoms with Gasteiger partial charge in [0, 0.05) is 18.0 Å².